The maximum atomic E-state index is 12.9. The molecule has 462 valence electrons. The lowest BCUT2D eigenvalue weighted by Crippen LogP contribution is -2.30. The van der Waals surface area contributed by atoms with Crippen LogP contribution < -0.4 is 0 Å². The van der Waals surface area contributed by atoms with Crippen molar-refractivity contribution in [2.45, 2.75) is 354 Å². The summed E-state index contributed by atoms with van der Waals surface area (Å²) in [6, 6.07) is 0. The van der Waals surface area contributed by atoms with E-state index >= 15 is 0 Å². The van der Waals surface area contributed by atoms with Crippen molar-refractivity contribution in [1.29, 1.82) is 0 Å². The molecule has 6 heteroatoms. The maximum absolute atomic E-state index is 12.9. The minimum atomic E-state index is -0.798. The highest BCUT2D eigenvalue weighted by Gasteiger charge is 2.19. The fraction of sp³-hybridized carbons (Fsp3) is 0.770. The van der Waals surface area contributed by atoms with E-state index in [1.807, 2.05) is 0 Å². The molecule has 0 heterocycles. The Hall–Kier alpha value is -3.41. The Kier molecular flexibility index (Phi) is 65.2. The molecule has 0 aliphatic carbocycles. The van der Waals surface area contributed by atoms with Crippen molar-refractivity contribution in [3.8, 4) is 0 Å². The molecule has 0 aromatic rings. The van der Waals surface area contributed by atoms with Crippen LogP contribution in [0.5, 0.6) is 0 Å². The third-order valence-corrected chi connectivity index (χ3v) is 15.1. The van der Waals surface area contributed by atoms with Gasteiger partial charge in [0, 0.05) is 19.3 Å². The Morgan fingerprint density at radius 3 is 0.812 bits per heavy atom. The van der Waals surface area contributed by atoms with Crippen LogP contribution in [0, 0.1) is 0 Å². The van der Waals surface area contributed by atoms with Gasteiger partial charge in [-0.1, -0.05) is 298 Å². The molecule has 0 saturated carbocycles. The predicted octanol–water partition coefficient (Wildman–Crippen LogP) is 23.8. The number of unbranched alkanes of at least 4 members (excludes halogenated alkanes) is 38. The summed E-state index contributed by atoms with van der Waals surface area (Å²) in [5.74, 6) is -0.919. The zero-order valence-corrected chi connectivity index (χ0v) is 53.1. The minimum absolute atomic E-state index is 0.0902. The molecule has 0 aromatic heterocycles. The molecule has 0 bridgehead atoms. The van der Waals surface area contributed by atoms with Gasteiger partial charge in [-0.05, 0) is 116 Å². The van der Waals surface area contributed by atoms with Crippen LogP contribution in [0.4, 0.5) is 0 Å². The monoisotopic (exact) mass is 1110 g/mol. The highest BCUT2D eigenvalue weighted by Crippen LogP contribution is 2.17. The van der Waals surface area contributed by atoms with Crippen molar-refractivity contribution in [3.05, 3.63) is 85.1 Å². The van der Waals surface area contributed by atoms with E-state index in [1.165, 1.54) is 205 Å². The SMILES string of the molecule is CC/C=C\C/C=C\C/C=C\C/C=C\C/C=C\CCCCCC(=O)OC(COC(=O)CCCCCCC/C=C\CCCCC)COC(=O)CCCCCCCCCCCCCCCCCCCCC/C=C\CCCCCCCCCC. The predicted molar refractivity (Wildman–Crippen MR) is 348 cm³/mol. The minimum Gasteiger partial charge on any atom is -0.462 e. The van der Waals surface area contributed by atoms with E-state index in [1.54, 1.807) is 0 Å². The lowest BCUT2D eigenvalue weighted by molar-refractivity contribution is -0.167. The first-order chi connectivity index (χ1) is 39.5. The van der Waals surface area contributed by atoms with E-state index in [9.17, 15) is 14.4 Å². The number of carbonyl (C=O) groups is 3. The van der Waals surface area contributed by atoms with Crippen molar-refractivity contribution in [3.63, 3.8) is 0 Å². The molecule has 0 aliphatic rings. The smallest absolute Gasteiger partial charge is 0.306 e. The summed E-state index contributed by atoms with van der Waals surface area (Å²) in [4.78, 5) is 38.3. The molecule has 0 radical (unpaired) electrons. The molecular weight excluding hydrogens is 985 g/mol. The Morgan fingerprint density at radius 1 is 0.263 bits per heavy atom. The molecule has 1 atom stereocenters. The van der Waals surface area contributed by atoms with Crippen molar-refractivity contribution in [2.75, 3.05) is 13.2 Å². The molecule has 0 fully saturated rings. The summed E-state index contributed by atoms with van der Waals surface area (Å²) in [5.41, 5.74) is 0. The van der Waals surface area contributed by atoms with Crippen LogP contribution >= 0.6 is 0 Å². The molecule has 0 aliphatic heterocycles. The summed E-state index contributed by atoms with van der Waals surface area (Å²) < 4.78 is 16.9. The molecule has 0 aromatic carbocycles. The molecule has 0 rings (SSSR count). The van der Waals surface area contributed by atoms with Crippen molar-refractivity contribution >= 4 is 17.9 Å². The number of hydrogen-bond donors (Lipinski definition) is 0. The normalized spacial score (nSPS) is 12.6. The molecule has 6 nitrogen and oxygen atoms in total. The van der Waals surface area contributed by atoms with E-state index in [-0.39, 0.29) is 37.5 Å². The Labute approximate surface area is 496 Å². The summed E-state index contributed by atoms with van der Waals surface area (Å²) in [6.45, 7) is 6.50. The summed E-state index contributed by atoms with van der Waals surface area (Å²) >= 11 is 0. The van der Waals surface area contributed by atoms with Crippen LogP contribution in [0.25, 0.3) is 0 Å². The first-order valence-corrected chi connectivity index (χ1v) is 34.6. The van der Waals surface area contributed by atoms with E-state index in [0.717, 1.165) is 103 Å². The lowest BCUT2D eigenvalue weighted by Gasteiger charge is -2.18. The number of hydrogen-bond acceptors (Lipinski definition) is 6. The lowest BCUT2D eigenvalue weighted by atomic mass is 10.0. The Bertz CT molecular complexity index is 1520. The van der Waals surface area contributed by atoms with Crippen molar-refractivity contribution < 1.29 is 28.6 Å². The summed E-state index contributed by atoms with van der Waals surface area (Å²) in [6.07, 6.45) is 90.5. The van der Waals surface area contributed by atoms with E-state index in [4.69, 9.17) is 14.2 Å². The topological polar surface area (TPSA) is 78.9 Å². The van der Waals surface area contributed by atoms with Gasteiger partial charge in [0.15, 0.2) is 6.10 Å². The van der Waals surface area contributed by atoms with Crippen LogP contribution in [0.1, 0.15) is 348 Å². The van der Waals surface area contributed by atoms with Gasteiger partial charge in [-0.2, -0.15) is 0 Å². The number of ether oxygens (including phenoxy) is 3. The van der Waals surface area contributed by atoms with Gasteiger partial charge in [-0.3, -0.25) is 14.4 Å². The van der Waals surface area contributed by atoms with Gasteiger partial charge in [-0.25, -0.2) is 0 Å². The van der Waals surface area contributed by atoms with E-state index in [2.05, 4.69) is 106 Å². The van der Waals surface area contributed by atoms with Crippen LogP contribution in [-0.2, 0) is 28.6 Å². The fourth-order valence-electron chi connectivity index (χ4n) is 9.93. The van der Waals surface area contributed by atoms with Crippen molar-refractivity contribution in [2.24, 2.45) is 0 Å². The molecule has 0 spiro atoms. The summed E-state index contributed by atoms with van der Waals surface area (Å²) in [5, 5.41) is 0. The second-order valence-corrected chi connectivity index (χ2v) is 23.1. The van der Waals surface area contributed by atoms with Crippen LogP contribution in [0.3, 0.4) is 0 Å². The number of carbonyl (C=O) groups excluding carboxylic acids is 3. The quantitative estimate of drug-likeness (QED) is 0.0261. The largest absolute Gasteiger partial charge is 0.462 e. The first-order valence-electron chi connectivity index (χ1n) is 34.6. The van der Waals surface area contributed by atoms with Gasteiger partial charge < -0.3 is 14.2 Å². The maximum Gasteiger partial charge on any atom is 0.306 e. The van der Waals surface area contributed by atoms with Crippen molar-refractivity contribution in [1.82, 2.24) is 0 Å². The Balaban J connectivity index is 4.20. The molecule has 80 heavy (non-hydrogen) atoms. The number of esters is 3. The second kappa shape index (κ2) is 68.1. The molecule has 1 unspecified atom stereocenters. The highest BCUT2D eigenvalue weighted by molar-refractivity contribution is 5.71. The van der Waals surface area contributed by atoms with Gasteiger partial charge in [0.2, 0.25) is 0 Å². The van der Waals surface area contributed by atoms with Gasteiger partial charge >= 0.3 is 17.9 Å². The van der Waals surface area contributed by atoms with Crippen LogP contribution in [0.2, 0.25) is 0 Å². The van der Waals surface area contributed by atoms with Gasteiger partial charge in [0.1, 0.15) is 13.2 Å². The third-order valence-electron chi connectivity index (χ3n) is 15.1. The highest BCUT2D eigenvalue weighted by atomic mass is 16.6. The van der Waals surface area contributed by atoms with Gasteiger partial charge in [0.05, 0.1) is 0 Å². The average molecular weight is 1120 g/mol. The fourth-order valence-corrected chi connectivity index (χ4v) is 9.93. The zero-order chi connectivity index (χ0) is 57.8. The molecule has 0 amide bonds. The standard InChI is InChI=1S/C74H130O6/c1-4-7-10-13-16-19-22-25-27-29-31-32-33-34-35-36-37-38-39-40-41-42-44-45-47-49-52-55-58-61-64-67-73(76)79-70-71(69-78-72(75)66-63-60-57-54-51-24-21-18-15-12-9-6-3)80-74(77)68-65-62-59-56-53-50-48-46-43-30-28-26-23-20-17-14-11-8-5-2/h8,11,17-18,20-21,26,28-29,31,43,46,50,53,71H,4-7,9-10,12-16,19,22-25,27,30,32-42,44-45,47-49,51-52,54-70H2,1-3H3/b11-8-,20-17-,21-18-,28-26-,31-29-,46-43-,53-50-. The molecule has 0 saturated heterocycles. The van der Waals surface area contributed by atoms with E-state index in [0.29, 0.717) is 12.8 Å². The van der Waals surface area contributed by atoms with E-state index < -0.39 is 6.10 Å². The number of rotatable bonds is 63. The Morgan fingerprint density at radius 2 is 0.487 bits per heavy atom. The molecule has 0 N–H and O–H groups in total. The second-order valence-electron chi connectivity index (χ2n) is 23.1. The first kappa shape index (κ1) is 76.6. The third kappa shape index (κ3) is 65.4. The van der Waals surface area contributed by atoms with Crippen LogP contribution in [-0.4, -0.2) is 37.2 Å². The summed E-state index contributed by atoms with van der Waals surface area (Å²) in [7, 11) is 0. The average Bonchev–Trinajstić information content (AvgIpc) is 3.46. The van der Waals surface area contributed by atoms with Gasteiger partial charge in [-0.15, -0.1) is 0 Å². The van der Waals surface area contributed by atoms with Gasteiger partial charge in [0.25, 0.3) is 0 Å². The zero-order valence-electron chi connectivity index (χ0n) is 53.1. The van der Waals surface area contributed by atoms with Crippen LogP contribution in [0.15, 0.2) is 85.1 Å². The molecular formula is C74H130O6. The number of allylic oxidation sites excluding steroid dienone is 14.